The van der Waals surface area contributed by atoms with Gasteiger partial charge in [-0.2, -0.15) is 0 Å². The summed E-state index contributed by atoms with van der Waals surface area (Å²) in [5.74, 6) is 0. The fourth-order valence-electron chi connectivity index (χ4n) is 2.62. The average Bonchev–Trinajstić information content (AvgIpc) is 2.39. The van der Waals surface area contributed by atoms with E-state index in [9.17, 15) is 4.79 Å². The van der Waals surface area contributed by atoms with E-state index in [4.69, 9.17) is 4.74 Å². The van der Waals surface area contributed by atoms with Crippen molar-refractivity contribution in [3.63, 3.8) is 0 Å². The summed E-state index contributed by atoms with van der Waals surface area (Å²) in [5.41, 5.74) is 0.854. The summed E-state index contributed by atoms with van der Waals surface area (Å²) in [6.45, 7) is 11.2. The summed E-state index contributed by atoms with van der Waals surface area (Å²) in [6.07, 6.45) is -0.205. The minimum atomic E-state index is -0.439. The predicted molar refractivity (Wildman–Crippen MR) is 91.8 cm³/mol. The molecule has 0 aliphatic carbocycles. The van der Waals surface area contributed by atoms with Crippen LogP contribution in [-0.4, -0.2) is 47.2 Å². The number of ether oxygens (including phenoxy) is 1. The van der Waals surface area contributed by atoms with Crippen molar-refractivity contribution in [1.82, 2.24) is 9.80 Å². The van der Waals surface area contributed by atoms with E-state index in [1.165, 1.54) is 5.56 Å². The van der Waals surface area contributed by atoms with E-state index in [-0.39, 0.29) is 12.1 Å². The highest BCUT2D eigenvalue weighted by Crippen LogP contribution is 2.18. The molecule has 0 bridgehead atoms. The van der Waals surface area contributed by atoms with E-state index >= 15 is 0 Å². The average molecular weight is 369 g/mol. The Kier molecular flexibility index (Phi) is 5.50. The number of nitrogens with zero attached hydrogens (tertiary/aromatic N) is 2. The molecule has 22 heavy (non-hydrogen) atoms. The van der Waals surface area contributed by atoms with Crippen LogP contribution in [0.1, 0.15) is 33.3 Å². The van der Waals surface area contributed by atoms with Gasteiger partial charge < -0.3 is 9.64 Å². The fourth-order valence-corrected chi connectivity index (χ4v) is 2.88. The standard InChI is InChI=1S/C17H25BrN2O2/c1-13-11-19(12-14-5-7-15(18)8-6-14)9-10-20(13)16(21)22-17(2,3)4/h5-8,13H,9-12H2,1-4H3/t13-/m1/s1. The molecule has 1 saturated heterocycles. The molecule has 2 rings (SSSR count). The molecule has 0 spiro atoms. The van der Waals surface area contributed by atoms with Crippen molar-refractivity contribution >= 4 is 22.0 Å². The van der Waals surface area contributed by atoms with Gasteiger partial charge in [-0.1, -0.05) is 28.1 Å². The SMILES string of the molecule is C[C@@H]1CN(Cc2ccc(Br)cc2)CCN1C(=O)OC(C)(C)C. The molecule has 4 nitrogen and oxygen atoms in total. The van der Waals surface area contributed by atoms with Gasteiger partial charge in [0, 0.05) is 36.7 Å². The number of benzene rings is 1. The zero-order valence-electron chi connectivity index (χ0n) is 13.8. The van der Waals surface area contributed by atoms with Crippen LogP contribution in [-0.2, 0) is 11.3 Å². The molecule has 1 fully saturated rings. The van der Waals surface area contributed by atoms with Crippen molar-refractivity contribution < 1.29 is 9.53 Å². The molecule has 1 aromatic carbocycles. The summed E-state index contributed by atoms with van der Waals surface area (Å²) in [4.78, 5) is 16.4. The summed E-state index contributed by atoms with van der Waals surface area (Å²) in [6, 6.07) is 8.56. The highest BCUT2D eigenvalue weighted by Gasteiger charge is 2.30. The van der Waals surface area contributed by atoms with Gasteiger partial charge in [-0.25, -0.2) is 4.79 Å². The maximum Gasteiger partial charge on any atom is 0.410 e. The van der Waals surface area contributed by atoms with Gasteiger partial charge in [-0.15, -0.1) is 0 Å². The topological polar surface area (TPSA) is 32.8 Å². The molecule has 0 saturated carbocycles. The summed E-state index contributed by atoms with van der Waals surface area (Å²) < 4.78 is 6.57. The van der Waals surface area contributed by atoms with Crippen LogP contribution in [0.2, 0.25) is 0 Å². The van der Waals surface area contributed by atoms with Crippen molar-refractivity contribution in [2.24, 2.45) is 0 Å². The Hall–Kier alpha value is -1.07. The van der Waals surface area contributed by atoms with E-state index in [1.807, 2.05) is 25.7 Å². The second-order valence-corrected chi connectivity index (χ2v) is 7.80. The van der Waals surface area contributed by atoms with E-state index < -0.39 is 5.60 Å². The third-order valence-electron chi connectivity index (χ3n) is 3.66. The van der Waals surface area contributed by atoms with Crippen LogP contribution in [0.4, 0.5) is 4.79 Å². The third kappa shape index (κ3) is 4.99. The second kappa shape index (κ2) is 7.01. The molecule has 0 unspecified atom stereocenters. The number of piperazine rings is 1. The lowest BCUT2D eigenvalue weighted by Gasteiger charge is -2.40. The lowest BCUT2D eigenvalue weighted by Crippen LogP contribution is -2.54. The quantitative estimate of drug-likeness (QED) is 0.793. The smallest absolute Gasteiger partial charge is 0.410 e. The molecular formula is C17H25BrN2O2. The Balaban J connectivity index is 1.89. The van der Waals surface area contributed by atoms with Crippen molar-refractivity contribution in [3.8, 4) is 0 Å². The molecule has 1 heterocycles. The number of carbonyl (C=O) groups excluding carboxylic acids is 1. The molecule has 1 aliphatic rings. The van der Waals surface area contributed by atoms with Crippen molar-refractivity contribution in [3.05, 3.63) is 34.3 Å². The second-order valence-electron chi connectivity index (χ2n) is 6.88. The van der Waals surface area contributed by atoms with Crippen LogP contribution in [0, 0.1) is 0 Å². The van der Waals surface area contributed by atoms with Gasteiger partial charge in [0.1, 0.15) is 5.60 Å². The van der Waals surface area contributed by atoms with Crippen molar-refractivity contribution in [2.75, 3.05) is 19.6 Å². The van der Waals surface area contributed by atoms with Crippen LogP contribution < -0.4 is 0 Å². The van der Waals surface area contributed by atoms with E-state index in [1.54, 1.807) is 0 Å². The first-order chi connectivity index (χ1) is 10.2. The Morgan fingerprint density at radius 1 is 1.27 bits per heavy atom. The predicted octanol–water partition coefficient (Wildman–Crippen LogP) is 3.89. The first-order valence-electron chi connectivity index (χ1n) is 7.71. The normalized spacial score (nSPS) is 20.0. The first-order valence-corrected chi connectivity index (χ1v) is 8.50. The van der Waals surface area contributed by atoms with E-state index in [0.29, 0.717) is 6.54 Å². The van der Waals surface area contributed by atoms with Gasteiger partial charge in [-0.05, 0) is 45.4 Å². The highest BCUT2D eigenvalue weighted by atomic mass is 79.9. The number of amides is 1. The van der Waals surface area contributed by atoms with E-state index in [0.717, 1.165) is 24.1 Å². The van der Waals surface area contributed by atoms with Gasteiger partial charge in [0.2, 0.25) is 0 Å². The van der Waals surface area contributed by atoms with Crippen LogP contribution in [0.5, 0.6) is 0 Å². The molecule has 1 amide bonds. The molecule has 0 N–H and O–H groups in total. The molecule has 5 heteroatoms. The minimum absolute atomic E-state index is 0.166. The van der Waals surface area contributed by atoms with Gasteiger partial charge >= 0.3 is 6.09 Å². The fraction of sp³-hybridized carbons (Fsp3) is 0.588. The molecule has 1 aromatic rings. The largest absolute Gasteiger partial charge is 0.444 e. The minimum Gasteiger partial charge on any atom is -0.444 e. The number of halogens is 1. The van der Waals surface area contributed by atoms with Crippen LogP contribution in [0.15, 0.2) is 28.7 Å². The Labute approximate surface area is 141 Å². The van der Waals surface area contributed by atoms with E-state index in [2.05, 4.69) is 52.0 Å². The van der Waals surface area contributed by atoms with Crippen molar-refractivity contribution in [1.29, 1.82) is 0 Å². The Bertz CT molecular complexity index is 510. The maximum atomic E-state index is 12.2. The van der Waals surface area contributed by atoms with Crippen LogP contribution in [0.25, 0.3) is 0 Å². The summed E-state index contributed by atoms with van der Waals surface area (Å²) >= 11 is 3.46. The Morgan fingerprint density at radius 3 is 2.45 bits per heavy atom. The lowest BCUT2D eigenvalue weighted by atomic mass is 10.1. The van der Waals surface area contributed by atoms with Crippen molar-refractivity contribution in [2.45, 2.75) is 45.9 Å². The molecule has 1 aliphatic heterocycles. The summed E-state index contributed by atoms with van der Waals surface area (Å²) in [7, 11) is 0. The summed E-state index contributed by atoms with van der Waals surface area (Å²) in [5, 5.41) is 0. The molecule has 122 valence electrons. The van der Waals surface area contributed by atoms with Crippen LogP contribution in [0.3, 0.4) is 0 Å². The number of rotatable bonds is 2. The number of hydrogen-bond acceptors (Lipinski definition) is 3. The number of carbonyl (C=O) groups is 1. The third-order valence-corrected chi connectivity index (χ3v) is 4.19. The zero-order chi connectivity index (χ0) is 16.3. The molecule has 0 radical (unpaired) electrons. The molecule has 0 aromatic heterocycles. The monoisotopic (exact) mass is 368 g/mol. The van der Waals surface area contributed by atoms with Gasteiger partial charge in [-0.3, -0.25) is 4.90 Å². The van der Waals surface area contributed by atoms with Crippen LogP contribution >= 0.6 is 15.9 Å². The number of hydrogen-bond donors (Lipinski definition) is 0. The Morgan fingerprint density at radius 2 is 1.91 bits per heavy atom. The van der Waals surface area contributed by atoms with Gasteiger partial charge in [0.05, 0.1) is 0 Å². The molecule has 1 atom stereocenters. The first kappa shape index (κ1) is 17.3. The zero-order valence-corrected chi connectivity index (χ0v) is 15.4. The highest BCUT2D eigenvalue weighted by molar-refractivity contribution is 9.10. The van der Waals surface area contributed by atoms with Gasteiger partial charge in [0.15, 0.2) is 0 Å². The molecular weight excluding hydrogens is 344 g/mol. The maximum absolute atomic E-state index is 12.2. The van der Waals surface area contributed by atoms with Gasteiger partial charge in [0.25, 0.3) is 0 Å². The lowest BCUT2D eigenvalue weighted by molar-refractivity contribution is 0.000563.